The van der Waals surface area contributed by atoms with Gasteiger partial charge in [-0.25, -0.2) is 4.68 Å². The zero-order valence-electron chi connectivity index (χ0n) is 12.6. The van der Waals surface area contributed by atoms with E-state index < -0.39 is 0 Å². The van der Waals surface area contributed by atoms with Gasteiger partial charge in [-0.3, -0.25) is 4.79 Å². The molecule has 24 heavy (non-hydrogen) atoms. The molecule has 0 N–H and O–H groups in total. The van der Waals surface area contributed by atoms with E-state index in [1.807, 2.05) is 0 Å². The van der Waals surface area contributed by atoms with Gasteiger partial charge in [-0.15, -0.1) is 5.10 Å². The number of rotatable bonds is 2. The minimum atomic E-state index is -0.249. The lowest BCUT2D eigenvalue weighted by Crippen LogP contribution is -2.25. The van der Waals surface area contributed by atoms with Crippen LogP contribution in [0.1, 0.15) is 11.1 Å². The van der Waals surface area contributed by atoms with E-state index in [2.05, 4.69) is 16.4 Å². The van der Waals surface area contributed by atoms with Crippen LogP contribution >= 0.6 is 0 Å². The Hall–Kier alpha value is -3.40. The van der Waals surface area contributed by atoms with E-state index >= 15 is 0 Å². The third kappa shape index (κ3) is 2.44. The molecule has 0 saturated carbocycles. The highest BCUT2D eigenvalue weighted by atomic mass is 16.6. The Morgan fingerprint density at radius 1 is 1.12 bits per heavy atom. The summed E-state index contributed by atoms with van der Waals surface area (Å²) in [6.45, 7) is 1.21. The molecule has 1 aliphatic heterocycles. The Bertz CT molecular complexity index is 1020. The summed E-state index contributed by atoms with van der Waals surface area (Å²) in [6, 6.07) is 12.4. The second-order valence-corrected chi connectivity index (χ2v) is 5.37. The third-order valence-corrected chi connectivity index (χ3v) is 3.80. The van der Waals surface area contributed by atoms with Gasteiger partial charge < -0.3 is 9.47 Å². The summed E-state index contributed by atoms with van der Waals surface area (Å²) in [5, 5.41) is 17.4. The van der Waals surface area contributed by atoms with Crippen LogP contribution in [-0.2, 0) is 6.54 Å². The van der Waals surface area contributed by atoms with Crippen molar-refractivity contribution >= 4 is 10.9 Å². The molecule has 2 aromatic carbocycles. The van der Waals surface area contributed by atoms with E-state index in [0.29, 0.717) is 41.2 Å². The normalized spacial score (nSPS) is 12.8. The standard InChI is InChI=1S/C17H12N4O3/c18-9-11-1-3-12(4-2-11)10-21-17(22)13-7-15-16(24-6-5-23-15)8-14(13)19-20-21/h1-4,7-8H,5-6,10H2. The van der Waals surface area contributed by atoms with Gasteiger partial charge in [-0.05, 0) is 23.8 Å². The molecule has 0 saturated heterocycles. The number of benzene rings is 2. The second-order valence-electron chi connectivity index (χ2n) is 5.37. The Labute approximate surface area is 136 Å². The van der Waals surface area contributed by atoms with Gasteiger partial charge in [0.2, 0.25) is 0 Å². The van der Waals surface area contributed by atoms with Crippen LogP contribution in [0, 0.1) is 11.3 Å². The van der Waals surface area contributed by atoms with Crippen LogP contribution in [0.5, 0.6) is 11.5 Å². The van der Waals surface area contributed by atoms with Crippen molar-refractivity contribution in [2.24, 2.45) is 0 Å². The number of nitrogens with zero attached hydrogens (tertiary/aromatic N) is 4. The highest BCUT2D eigenvalue weighted by molar-refractivity contribution is 5.81. The fourth-order valence-corrected chi connectivity index (χ4v) is 2.57. The van der Waals surface area contributed by atoms with Crippen molar-refractivity contribution in [3.8, 4) is 17.6 Å². The SMILES string of the molecule is N#Cc1ccc(Cn2nnc3cc4c(cc3c2=O)OCCO4)cc1. The summed E-state index contributed by atoms with van der Waals surface area (Å²) in [7, 11) is 0. The quantitative estimate of drug-likeness (QED) is 0.710. The van der Waals surface area contributed by atoms with Gasteiger partial charge in [0, 0.05) is 6.07 Å². The minimum absolute atomic E-state index is 0.249. The summed E-state index contributed by atoms with van der Waals surface area (Å²) < 4.78 is 12.3. The molecule has 118 valence electrons. The van der Waals surface area contributed by atoms with Crippen molar-refractivity contribution in [3.63, 3.8) is 0 Å². The number of ether oxygens (including phenoxy) is 2. The lowest BCUT2D eigenvalue weighted by atomic mass is 10.1. The van der Waals surface area contributed by atoms with Gasteiger partial charge in [0.05, 0.1) is 23.6 Å². The van der Waals surface area contributed by atoms with E-state index in [1.54, 1.807) is 36.4 Å². The fourth-order valence-electron chi connectivity index (χ4n) is 2.57. The number of hydrogen-bond donors (Lipinski definition) is 0. The molecule has 0 fully saturated rings. The molecule has 0 aliphatic carbocycles. The molecule has 4 rings (SSSR count). The van der Waals surface area contributed by atoms with Crippen molar-refractivity contribution in [3.05, 3.63) is 57.9 Å². The molecule has 0 atom stereocenters. The molecule has 0 amide bonds. The van der Waals surface area contributed by atoms with Crippen molar-refractivity contribution in [2.45, 2.75) is 6.54 Å². The highest BCUT2D eigenvalue weighted by Gasteiger charge is 2.16. The molecule has 3 aromatic rings. The first-order valence-corrected chi connectivity index (χ1v) is 7.41. The highest BCUT2D eigenvalue weighted by Crippen LogP contribution is 2.32. The molecular formula is C17H12N4O3. The van der Waals surface area contributed by atoms with Crippen LogP contribution in [0.15, 0.2) is 41.2 Å². The maximum atomic E-state index is 12.7. The number of hydrogen-bond acceptors (Lipinski definition) is 6. The van der Waals surface area contributed by atoms with Gasteiger partial charge in [0.15, 0.2) is 11.5 Å². The monoisotopic (exact) mass is 320 g/mol. The number of fused-ring (bicyclic) bond motifs is 2. The largest absolute Gasteiger partial charge is 0.486 e. The molecule has 2 heterocycles. The van der Waals surface area contributed by atoms with Gasteiger partial charge in [0.1, 0.15) is 18.7 Å². The van der Waals surface area contributed by atoms with E-state index in [4.69, 9.17) is 14.7 Å². The predicted molar refractivity (Wildman–Crippen MR) is 85.0 cm³/mol. The molecule has 0 spiro atoms. The lowest BCUT2D eigenvalue weighted by molar-refractivity contribution is 0.172. The second kappa shape index (κ2) is 5.66. The summed E-state index contributed by atoms with van der Waals surface area (Å²) in [6.07, 6.45) is 0. The Morgan fingerprint density at radius 3 is 2.54 bits per heavy atom. The van der Waals surface area contributed by atoms with Crippen LogP contribution < -0.4 is 15.0 Å². The molecule has 7 nitrogen and oxygen atoms in total. The lowest BCUT2D eigenvalue weighted by Gasteiger charge is -2.18. The first-order valence-electron chi connectivity index (χ1n) is 7.41. The van der Waals surface area contributed by atoms with Crippen LogP contribution in [0.25, 0.3) is 10.9 Å². The fraction of sp³-hybridized carbons (Fsp3) is 0.176. The third-order valence-electron chi connectivity index (χ3n) is 3.80. The van der Waals surface area contributed by atoms with Crippen molar-refractivity contribution in [1.29, 1.82) is 5.26 Å². The van der Waals surface area contributed by atoms with Crippen LogP contribution in [0.4, 0.5) is 0 Å². The van der Waals surface area contributed by atoms with Crippen molar-refractivity contribution in [1.82, 2.24) is 15.0 Å². The Kier molecular flexibility index (Phi) is 3.35. The first kappa shape index (κ1) is 14.2. The molecule has 1 aliphatic rings. The van der Waals surface area contributed by atoms with E-state index in [-0.39, 0.29) is 12.1 Å². The van der Waals surface area contributed by atoms with Gasteiger partial charge in [0.25, 0.3) is 5.56 Å². The predicted octanol–water partition coefficient (Wildman–Crippen LogP) is 1.48. The molecule has 7 heteroatoms. The van der Waals surface area contributed by atoms with E-state index in [0.717, 1.165) is 5.56 Å². The summed E-state index contributed by atoms with van der Waals surface area (Å²) in [5.41, 5.74) is 1.66. The molecule has 0 unspecified atom stereocenters. The maximum absolute atomic E-state index is 12.7. The topological polar surface area (TPSA) is 90.0 Å². The summed E-state index contributed by atoms with van der Waals surface area (Å²) >= 11 is 0. The zero-order chi connectivity index (χ0) is 16.5. The average molecular weight is 320 g/mol. The maximum Gasteiger partial charge on any atom is 0.278 e. The first-order chi connectivity index (χ1) is 11.7. The zero-order valence-corrected chi connectivity index (χ0v) is 12.6. The van der Waals surface area contributed by atoms with Gasteiger partial charge >= 0.3 is 0 Å². The van der Waals surface area contributed by atoms with Crippen LogP contribution in [-0.4, -0.2) is 28.2 Å². The Morgan fingerprint density at radius 2 is 1.83 bits per heavy atom. The molecule has 1 aromatic heterocycles. The molecule has 0 radical (unpaired) electrons. The average Bonchev–Trinajstić information content (AvgIpc) is 2.63. The van der Waals surface area contributed by atoms with Crippen LogP contribution in [0.3, 0.4) is 0 Å². The van der Waals surface area contributed by atoms with E-state index in [9.17, 15) is 4.79 Å². The smallest absolute Gasteiger partial charge is 0.278 e. The molecule has 0 bridgehead atoms. The van der Waals surface area contributed by atoms with Crippen LogP contribution in [0.2, 0.25) is 0 Å². The Balaban J connectivity index is 1.75. The number of nitriles is 1. The van der Waals surface area contributed by atoms with Gasteiger partial charge in [-0.1, -0.05) is 17.3 Å². The summed E-state index contributed by atoms with van der Waals surface area (Å²) in [5.74, 6) is 1.12. The van der Waals surface area contributed by atoms with E-state index in [1.165, 1.54) is 4.68 Å². The molecular weight excluding hydrogens is 308 g/mol. The number of aromatic nitrogens is 3. The minimum Gasteiger partial charge on any atom is -0.486 e. The van der Waals surface area contributed by atoms with Crippen molar-refractivity contribution < 1.29 is 9.47 Å². The van der Waals surface area contributed by atoms with Crippen molar-refractivity contribution in [2.75, 3.05) is 13.2 Å². The summed E-state index contributed by atoms with van der Waals surface area (Å²) in [4.78, 5) is 12.7. The van der Waals surface area contributed by atoms with Gasteiger partial charge in [-0.2, -0.15) is 5.26 Å².